The van der Waals surface area contributed by atoms with Gasteiger partial charge in [-0.05, 0) is 43.1 Å². The van der Waals surface area contributed by atoms with Gasteiger partial charge in [0.15, 0.2) is 0 Å². The van der Waals surface area contributed by atoms with Gasteiger partial charge in [-0.15, -0.1) is 0 Å². The molecule has 0 saturated heterocycles. The van der Waals surface area contributed by atoms with E-state index in [4.69, 9.17) is 0 Å². The number of pyridine rings is 2. The molecule has 19 heavy (non-hydrogen) atoms. The number of hydrogen-bond acceptors (Lipinski definition) is 4. The zero-order valence-electron chi connectivity index (χ0n) is 11.4. The molecule has 1 N–H and O–H groups in total. The minimum absolute atomic E-state index is 0.891. The molecule has 0 unspecified atom stereocenters. The zero-order chi connectivity index (χ0) is 13.5. The average Bonchev–Trinajstić information content (AvgIpc) is 2.43. The lowest BCUT2D eigenvalue weighted by Crippen LogP contribution is -2.14. The highest BCUT2D eigenvalue weighted by Crippen LogP contribution is 2.28. The molecule has 0 amide bonds. The van der Waals surface area contributed by atoms with E-state index in [0.717, 1.165) is 24.5 Å². The first kappa shape index (κ1) is 14.0. The molecular formula is C15H19N3S. The van der Waals surface area contributed by atoms with Crippen LogP contribution in [-0.2, 0) is 6.54 Å². The quantitative estimate of drug-likeness (QED) is 0.818. The molecule has 4 heteroatoms. The summed E-state index contributed by atoms with van der Waals surface area (Å²) in [6.45, 7) is 6.22. The van der Waals surface area contributed by atoms with Crippen molar-refractivity contribution in [2.24, 2.45) is 0 Å². The number of hydrogen-bond donors (Lipinski definition) is 1. The molecule has 0 bridgehead atoms. The summed E-state index contributed by atoms with van der Waals surface area (Å²) in [5.41, 5.74) is 2.46. The molecule has 3 nitrogen and oxygen atoms in total. The highest BCUT2D eigenvalue weighted by Gasteiger charge is 2.04. The van der Waals surface area contributed by atoms with E-state index in [0.29, 0.717) is 0 Å². The fourth-order valence-electron chi connectivity index (χ4n) is 1.75. The van der Waals surface area contributed by atoms with Gasteiger partial charge in [-0.3, -0.25) is 4.98 Å². The summed E-state index contributed by atoms with van der Waals surface area (Å²) >= 11 is 1.68. The van der Waals surface area contributed by atoms with Gasteiger partial charge in [0.2, 0.25) is 0 Å². The Morgan fingerprint density at radius 2 is 2.05 bits per heavy atom. The van der Waals surface area contributed by atoms with Crippen LogP contribution < -0.4 is 5.32 Å². The summed E-state index contributed by atoms with van der Waals surface area (Å²) in [6, 6.07) is 6.21. The van der Waals surface area contributed by atoms with Crippen molar-refractivity contribution in [3.8, 4) is 0 Å². The zero-order valence-corrected chi connectivity index (χ0v) is 12.2. The SMILES string of the molecule is CCCNCc1cnc(Sc2ccncc2)c(C)c1. The highest BCUT2D eigenvalue weighted by molar-refractivity contribution is 7.99. The standard InChI is InChI=1S/C15H19N3S/c1-3-6-17-10-13-9-12(2)15(18-11-13)19-14-4-7-16-8-5-14/h4-5,7-9,11,17H,3,6,10H2,1-2H3. The fourth-order valence-corrected chi connectivity index (χ4v) is 2.56. The molecule has 0 aromatic carbocycles. The highest BCUT2D eigenvalue weighted by atomic mass is 32.2. The van der Waals surface area contributed by atoms with E-state index < -0.39 is 0 Å². The van der Waals surface area contributed by atoms with Crippen molar-refractivity contribution in [2.75, 3.05) is 6.54 Å². The van der Waals surface area contributed by atoms with Gasteiger partial charge in [0.1, 0.15) is 5.03 Å². The van der Waals surface area contributed by atoms with Gasteiger partial charge in [0.25, 0.3) is 0 Å². The van der Waals surface area contributed by atoms with Crippen molar-refractivity contribution in [2.45, 2.75) is 36.7 Å². The predicted octanol–water partition coefficient (Wildman–Crippen LogP) is 3.44. The molecule has 100 valence electrons. The van der Waals surface area contributed by atoms with Crippen LogP contribution in [0.1, 0.15) is 24.5 Å². The van der Waals surface area contributed by atoms with Crippen molar-refractivity contribution in [3.05, 3.63) is 47.9 Å². The van der Waals surface area contributed by atoms with E-state index >= 15 is 0 Å². The molecule has 0 aliphatic rings. The van der Waals surface area contributed by atoms with E-state index in [9.17, 15) is 0 Å². The second kappa shape index (κ2) is 7.26. The van der Waals surface area contributed by atoms with Gasteiger partial charge in [0.05, 0.1) is 0 Å². The molecule has 0 saturated carbocycles. The molecule has 0 radical (unpaired) electrons. The van der Waals surface area contributed by atoms with Crippen molar-refractivity contribution in [1.82, 2.24) is 15.3 Å². The Hall–Kier alpha value is -1.39. The lowest BCUT2D eigenvalue weighted by molar-refractivity contribution is 0.672. The minimum Gasteiger partial charge on any atom is -0.313 e. The number of aryl methyl sites for hydroxylation is 1. The van der Waals surface area contributed by atoms with Crippen LogP contribution in [0.2, 0.25) is 0 Å². The second-order valence-corrected chi connectivity index (χ2v) is 5.49. The number of aromatic nitrogens is 2. The van der Waals surface area contributed by atoms with Crippen molar-refractivity contribution in [1.29, 1.82) is 0 Å². The Kier molecular flexibility index (Phi) is 5.36. The van der Waals surface area contributed by atoms with Gasteiger partial charge in [-0.1, -0.05) is 24.8 Å². The largest absolute Gasteiger partial charge is 0.313 e. The third-order valence-corrected chi connectivity index (χ3v) is 3.84. The third-order valence-electron chi connectivity index (χ3n) is 2.71. The van der Waals surface area contributed by atoms with Crippen LogP contribution in [0.5, 0.6) is 0 Å². The van der Waals surface area contributed by atoms with Crippen molar-refractivity contribution >= 4 is 11.8 Å². The molecule has 2 rings (SSSR count). The van der Waals surface area contributed by atoms with Crippen LogP contribution in [0, 0.1) is 6.92 Å². The first-order valence-electron chi connectivity index (χ1n) is 6.53. The second-order valence-electron chi connectivity index (χ2n) is 4.43. The normalized spacial score (nSPS) is 10.6. The van der Waals surface area contributed by atoms with Crippen LogP contribution in [0.4, 0.5) is 0 Å². The fraction of sp³-hybridized carbons (Fsp3) is 0.333. The maximum absolute atomic E-state index is 4.55. The number of rotatable bonds is 6. The van der Waals surface area contributed by atoms with Crippen molar-refractivity contribution < 1.29 is 0 Å². The van der Waals surface area contributed by atoms with Gasteiger partial charge < -0.3 is 5.32 Å². The van der Waals surface area contributed by atoms with Gasteiger partial charge in [-0.2, -0.15) is 0 Å². The minimum atomic E-state index is 0.891. The Bertz CT molecular complexity index is 514. The van der Waals surface area contributed by atoms with E-state index in [1.165, 1.54) is 16.0 Å². The molecule has 0 fully saturated rings. The summed E-state index contributed by atoms with van der Waals surface area (Å²) in [4.78, 5) is 9.75. The van der Waals surface area contributed by atoms with E-state index in [2.05, 4.69) is 35.2 Å². The summed E-state index contributed by atoms with van der Waals surface area (Å²) in [7, 11) is 0. The van der Waals surface area contributed by atoms with Crippen LogP contribution in [0.3, 0.4) is 0 Å². The van der Waals surface area contributed by atoms with Crippen LogP contribution in [0.25, 0.3) is 0 Å². The van der Waals surface area contributed by atoms with E-state index in [-0.39, 0.29) is 0 Å². The smallest absolute Gasteiger partial charge is 0.104 e. The Morgan fingerprint density at radius 1 is 1.26 bits per heavy atom. The monoisotopic (exact) mass is 273 g/mol. The lowest BCUT2D eigenvalue weighted by atomic mass is 10.2. The molecule has 0 spiro atoms. The maximum Gasteiger partial charge on any atom is 0.104 e. The van der Waals surface area contributed by atoms with Crippen molar-refractivity contribution in [3.63, 3.8) is 0 Å². The lowest BCUT2D eigenvalue weighted by Gasteiger charge is -2.08. The van der Waals surface area contributed by atoms with E-state index in [1.54, 1.807) is 24.2 Å². The predicted molar refractivity (Wildman–Crippen MR) is 79.3 cm³/mol. The van der Waals surface area contributed by atoms with Gasteiger partial charge in [-0.25, -0.2) is 4.98 Å². The molecular weight excluding hydrogens is 254 g/mol. The first-order chi connectivity index (χ1) is 9.29. The maximum atomic E-state index is 4.55. The number of nitrogens with one attached hydrogen (secondary N) is 1. The molecule has 0 atom stereocenters. The summed E-state index contributed by atoms with van der Waals surface area (Å²) in [5.74, 6) is 0. The van der Waals surface area contributed by atoms with Gasteiger partial charge in [0, 0.05) is 30.0 Å². The molecule has 0 aliphatic heterocycles. The average molecular weight is 273 g/mol. The topological polar surface area (TPSA) is 37.8 Å². The molecule has 2 aromatic rings. The van der Waals surface area contributed by atoms with Crippen LogP contribution in [0.15, 0.2) is 46.7 Å². The summed E-state index contributed by atoms with van der Waals surface area (Å²) in [5, 5.41) is 4.45. The number of nitrogens with zero attached hydrogens (tertiary/aromatic N) is 2. The molecule has 0 aliphatic carbocycles. The van der Waals surface area contributed by atoms with E-state index in [1.807, 2.05) is 18.3 Å². The van der Waals surface area contributed by atoms with Crippen LogP contribution in [-0.4, -0.2) is 16.5 Å². The van der Waals surface area contributed by atoms with Gasteiger partial charge >= 0.3 is 0 Å². The molecule has 2 heterocycles. The van der Waals surface area contributed by atoms with Crippen LogP contribution >= 0.6 is 11.8 Å². The third kappa shape index (κ3) is 4.33. The summed E-state index contributed by atoms with van der Waals surface area (Å²) in [6.07, 6.45) is 6.73. The first-order valence-corrected chi connectivity index (χ1v) is 7.35. The Balaban J connectivity index is 2.03. The summed E-state index contributed by atoms with van der Waals surface area (Å²) < 4.78 is 0. The molecule has 2 aromatic heterocycles. The Labute approximate surface area is 118 Å². The Morgan fingerprint density at radius 3 is 2.74 bits per heavy atom.